The molecule has 0 aliphatic carbocycles. The Labute approximate surface area is 115 Å². The van der Waals surface area contributed by atoms with Gasteiger partial charge < -0.3 is 15.4 Å². The molecular weight excluding hydrogens is 240 g/mol. The van der Waals surface area contributed by atoms with Gasteiger partial charge in [-0.1, -0.05) is 19.1 Å². The first-order chi connectivity index (χ1) is 9.21. The van der Waals surface area contributed by atoms with Crippen LogP contribution in [0.2, 0.25) is 0 Å². The normalized spacial score (nSPS) is 10.3. The van der Waals surface area contributed by atoms with Crippen molar-refractivity contribution in [1.82, 2.24) is 10.6 Å². The summed E-state index contributed by atoms with van der Waals surface area (Å²) in [4.78, 5) is 11.4. The number of aryl methyl sites for hydroxylation is 1. The van der Waals surface area contributed by atoms with Crippen molar-refractivity contribution in [3.8, 4) is 5.75 Å². The van der Waals surface area contributed by atoms with Crippen LogP contribution in [-0.4, -0.2) is 33.2 Å². The Bertz CT molecular complexity index is 405. The van der Waals surface area contributed by atoms with Gasteiger partial charge in [-0.25, -0.2) is 0 Å². The van der Waals surface area contributed by atoms with Crippen LogP contribution in [0.4, 0.5) is 0 Å². The number of benzene rings is 1. The van der Waals surface area contributed by atoms with Gasteiger partial charge in [0.2, 0.25) is 5.91 Å². The fraction of sp³-hybridized carbons (Fsp3) is 0.533. The molecule has 0 fully saturated rings. The molecule has 0 spiro atoms. The second kappa shape index (κ2) is 8.53. The molecular formula is C15H24N2O2. The van der Waals surface area contributed by atoms with Crippen LogP contribution in [-0.2, 0) is 17.6 Å². The molecule has 19 heavy (non-hydrogen) atoms. The molecule has 0 atom stereocenters. The zero-order valence-electron chi connectivity index (χ0n) is 12.1. The number of nitrogens with one attached hydrogen (secondary N) is 2. The lowest BCUT2D eigenvalue weighted by atomic mass is 10.1. The highest BCUT2D eigenvalue weighted by Crippen LogP contribution is 2.20. The third-order valence-corrected chi connectivity index (χ3v) is 3.06. The van der Waals surface area contributed by atoms with E-state index in [1.165, 1.54) is 11.1 Å². The van der Waals surface area contributed by atoms with Crippen LogP contribution in [0.25, 0.3) is 0 Å². The van der Waals surface area contributed by atoms with Gasteiger partial charge in [0, 0.05) is 19.5 Å². The van der Waals surface area contributed by atoms with Crippen LogP contribution in [0.15, 0.2) is 18.2 Å². The van der Waals surface area contributed by atoms with Crippen LogP contribution in [0.5, 0.6) is 5.75 Å². The van der Waals surface area contributed by atoms with Crippen LogP contribution in [0.1, 0.15) is 24.5 Å². The van der Waals surface area contributed by atoms with E-state index < -0.39 is 0 Å². The number of hydrogen-bond acceptors (Lipinski definition) is 3. The van der Waals surface area contributed by atoms with Gasteiger partial charge >= 0.3 is 0 Å². The highest BCUT2D eigenvalue weighted by Gasteiger charge is 2.04. The summed E-state index contributed by atoms with van der Waals surface area (Å²) in [5.74, 6) is 1.03. The first-order valence-electron chi connectivity index (χ1n) is 6.78. The number of ether oxygens (including phenoxy) is 1. The van der Waals surface area contributed by atoms with Gasteiger partial charge in [-0.15, -0.1) is 0 Å². The van der Waals surface area contributed by atoms with E-state index in [0.29, 0.717) is 19.5 Å². The molecule has 4 heteroatoms. The van der Waals surface area contributed by atoms with E-state index in [0.717, 1.165) is 18.6 Å². The van der Waals surface area contributed by atoms with Crippen molar-refractivity contribution in [2.45, 2.75) is 26.2 Å². The van der Waals surface area contributed by atoms with Crippen molar-refractivity contribution in [3.63, 3.8) is 0 Å². The van der Waals surface area contributed by atoms with Crippen molar-refractivity contribution in [1.29, 1.82) is 0 Å². The molecule has 0 aliphatic rings. The predicted octanol–water partition coefficient (Wildman–Crippen LogP) is 1.53. The number of carbonyl (C=O) groups excluding carboxylic acids is 1. The lowest BCUT2D eigenvalue weighted by molar-refractivity contribution is -0.120. The highest BCUT2D eigenvalue weighted by atomic mass is 16.5. The number of hydrogen-bond donors (Lipinski definition) is 2. The average molecular weight is 264 g/mol. The van der Waals surface area contributed by atoms with E-state index in [2.05, 4.69) is 29.7 Å². The summed E-state index contributed by atoms with van der Waals surface area (Å²) in [5.41, 5.74) is 2.44. The van der Waals surface area contributed by atoms with Gasteiger partial charge in [0.25, 0.3) is 0 Å². The van der Waals surface area contributed by atoms with E-state index in [9.17, 15) is 4.79 Å². The van der Waals surface area contributed by atoms with Crippen LogP contribution in [0.3, 0.4) is 0 Å². The average Bonchev–Trinajstić information content (AvgIpc) is 2.44. The maximum atomic E-state index is 11.4. The highest BCUT2D eigenvalue weighted by molar-refractivity contribution is 5.76. The van der Waals surface area contributed by atoms with E-state index >= 15 is 0 Å². The van der Waals surface area contributed by atoms with E-state index in [-0.39, 0.29) is 5.91 Å². The van der Waals surface area contributed by atoms with E-state index in [4.69, 9.17) is 4.74 Å². The smallest absolute Gasteiger partial charge is 0.221 e. The van der Waals surface area contributed by atoms with Gasteiger partial charge in [0.1, 0.15) is 5.75 Å². The Hall–Kier alpha value is -1.55. The summed E-state index contributed by atoms with van der Waals surface area (Å²) >= 11 is 0. The van der Waals surface area contributed by atoms with Crippen molar-refractivity contribution in [2.75, 3.05) is 27.2 Å². The van der Waals surface area contributed by atoms with Gasteiger partial charge in [0.15, 0.2) is 0 Å². The Balaban J connectivity index is 2.43. The molecule has 1 aromatic carbocycles. The Kier molecular flexibility index (Phi) is 6.97. The maximum Gasteiger partial charge on any atom is 0.221 e. The third kappa shape index (κ3) is 5.30. The van der Waals surface area contributed by atoms with Crippen molar-refractivity contribution in [2.24, 2.45) is 0 Å². The maximum absolute atomic E-state index is 11.4. The summed E-state index contributed by atoms with van der Waals surface area (Å²) in [6.45, 7) is 3.51. The topological polar surface area (TPSA) is 50.4 Å². The van der Waals surface area contributed by atoms with E-state index in [1.54, 1.807) is 7.11 Å². The van der Waals surface area contributed by atoms with Gasteiger partial charge in [-0.2, -0.15) is 0 Å². The van der Waals surface area contributed by atoms with Gasteiger partial charge in [-0.3, -0.25) is 4.79 Å². The number of carbonyl (C=O) groups is 1. The largest absolute Gasteiger partial charge is 0.496 e. The second-order valence-corrected chi connectivity index (χ2v) is 4.45. The third-order valence-electron chi connectivity index (χ3n) is 3.06. The first-order valence-corrected chi connectivity index (χ1v) is 6.78. The molecule has 106 valence electrons. The standard InChI is InChI=1S/C15H24N2O2/c1-4-13-11-12(5-6-14(13)19-3)7-10-17-15(18)8-9-16-2/h5-6,11,16H,4,7-10H2,1-3H3,(H,17,18). The second-order valence-electron chi connectivity index (χ2n) is 4.45. The van der Waals surface area contributed by atoms with Gasteiger partial charge in [-0.05, 0) is 37.1 Å². The Morgan fingerprint density at radius 1 is 1.32 bits per heavy atom. The molecule has 0 aromatic heterocycles. The first kappa shape index (κ1) is 15.5. The molecule has 0 radical (unpaired) electrons. The molecule has 4 nitrogen and oxygen atoms in total. The van der Waals surface area contributed by atoms with Crippen LogP contribution >= 0.6 is 0 Å². The summed E-state index contributed by atoms with van der Waals surface area (Å²) in [5, 5.41) is 5.88. The molecule has 1 amide bonds. The zero-order valence-corrected chi connectivity index (χ0v) is 12.1. The summed E-state index contributed by atoms with van der Waals surface area (Å²) in [6.07, 6.45) is 2.33. The summed E-state index contributed by atoms with van der Waals surface area (Å²) < 4.78 is 5.30. The summed E-state index contributed by atoms with van der Waals surface area (Å²) in [7, 11) is 3.53. The monoisotopic (exact) mass is 264 g/mol. The van der Waals surface area contributed by atoms with E-state index in [1.807, 2.05) is 13.1 Å². The lowest BCUT2D eigenvalue weighted by Gasteiger charge is -2.10. The number of methoxy groups -OCH3 is 1. The van der Waals surface area contributed by atoms with Crippen LogP contribution in [0, 0.1) is 0 Å². The van der Waals surface area contributed by atoms with Crippen molar-refractivity contribution in [3.05, 3.63) is 29.3 Å². The Morgan fingerprint density at radius 2 is 2.11 bits per heavy atom. The summed E-state index contributed by atoms with van der Waals surface area (Å²) in [6, 6.07) is 6.20. The van der Waals surface area contributed by atoms with Crippen molar-refractivity contribution < 1.29 is 9.53 Å². The molecule has 1 rings (SSSR count). The minimum Gasteiger partial charge on any atom is -0.496 e. The Morgan fingerprint density at radius 3 is 2.74 bits per heavy atom. The van der Waals surface area contributed by atoms with Gasteiger partial charge in [0.05, 0.1) is 7.11 Å². The minimum absolute atomic E-state index is 0.0959. The fourth-order valence-electron chi connectivity index (χ4n) is 1.94. The van der Waals surface area contributed by atoms with Crippen LogP contribution < -0.4 is 15.4 Å². The minimum atomic E-state index is 0.0959. The molecule has 2 N–H and O–H groups in total. The fourth-order valence-corrected chi connectivity index (χ4v) is 1.94. The lowest BCUT2D eigenvalue weighted by Crippen LogP contribution is -2.28. The molecule has 0 heterocycles. The quantitative estimate of drug-likeness (QED) is 0.748. The molecule has 0 saturated carbocycles. The predicted molar refractivity (Wildman–Crippen MR) is 77.6 cm³/mol. The molecule has 0 unspecified atom stereocenters. The molecule has 0 bridgehead atoms. The number of rotatable bonds is 8. The zero-order chi connectivity index (χ0) is 14.1. The van der Waals surface area contributed by atoms with Crippen molar-refractivity contribution >= 4 is 5.91 Å². The molecule has 0 aliphatic heterocycles. The molecule has 0 saturated heterocycles. The SMILES string of the molecule is CCc1cc(CCNC(=O)CCNC)ccc1OC. The number of amides is 1. The molecule has 1 aromatic rings.